The first-order valence-electron chi connectivity index (χ1n) is 9.07. The van der Waals surface area contributed by atoms with Crippen molar-refractivity contribution in [2.24, 2.45) is 5.92 Å². The maximum atomic E-state index is 14.1. The summed E-state index contributed by atoms with van der Waals surface area (Å²) in [5.74, 6) is 0.204. The van der Waals surface area contributed by atoms with Gasteiger partial charge in [0.1, 0.15) is 11.6 Å². The minimum absolute atomic E-state index is 0.184. The molecule has 3 nitrogen and oxygen atoms in total. The number of nitrogens with one attached hydrogen (secondary N) is 1. The standard InChI is InChI=1S/C19H24F2N2O/c20-14-3-5-17(21)16(11-14)19(8-9-19)22-15-4-6-18(24)23(10-7-15)12-13-1-2-13/h3,5,11,13,15,22H,1-2,4,6-10,12H2. The van der Waals surface area contributed by atoms with Gasteiger partial charge < -0.3 is 10.2 Å². The van der Waals surface area contributed by atoms with Gasteiger partial charge in [0.05, 0.1) is 0 Å². The van der Waals surface area contributed by atoms with Crippen molar-refractivity contribution in [3.05, 3.63) is 35.4 Å². The second kappa shape index (κ2) is 6.10. The zero-order valence-electron chi connectivity index (χ0n) is 13.9. The summed E-state index contributed by atoms with van der Waals surface area (Å²) in [4.78, 5) is 14.3. The first-order chi connectivity index (χ1) is 11.6. The van der Waals surface area contributed by atoms with Crippen molar-refractivity contribution in [2.75, 3.05) is 13.1 Å². The number of hydrogen-bond acceptors (Lipinski definition) is 2. The van der Waals surface area contributed by atoms with Crippen LogP contribution < -0.4 is 5.32 Å². The molecule has 1 aromatic rings. The van der Waals surface area contributed by atoms with Crippen LogP contribution in [0, 0.1) is 17.6 Å². The van der Waals surface area contributed by atoms with Crippen molar-refractivity contribution >= 4 is 5.91 Å². The molecule has 1 atom stereocenters. The molecule has 130 valence electrons. The van der Waals surface area contributed by atoms with E-state index in [4.69, 9.17) is 0 Å². The Kier molecular flexibility index (Phi) is 4.07. The maximum absolute atomic E-state index is 14.1. The van der Waals surface area contributed by atoms with E-state index in [2.05, 4.69) is 5.32 Å². The summed E-state index contributed by atoms with van der Waals surface area (Å²) in [7, 11) is 0. The molecule has 0 bridgehead atoms. The number of benzene rings is 1. The van der Waals surface area contributed by atoms with Gasteiger partial charge in [-0.25, -0.2) is 8.78 Å². The van der Waals surface area contributed by atoms with Gasteiger partial charge in [-0.05, 0) is 62.6 Å². The molecule has 0 radical (unpaired) electrons. The van der Waals surface area contributed by atoms with Crippen molar-refractivity contribution in [3.8, 4) is 0 Å². The third kappa shape index (κ3) is 3.32. The average Bonchev–Trinajstić information content (AvgIpc) is 3.45. The van der Waals surface area contributed by atoms with E-state index in [9.17, 15) is 13.6 Å². The lowest BCUT2D eigenvalue weighted by molar-refractivity contribution is -0.130. The number of hydrogen-bond donors (Lipinski definition) is 1. The molecular weight excluding hydrogens is 310 g/mol. The monoisotopic (exact) mass is 334 g/mol. The molecule has 3 aliphatic rings. The van der Waals surface area contributed by atoms with Crippen LogP contribution in [0.5, 0.6) is 0 Å². The van der Waals surface area contributed by atoms with Crippen LogP contribution in [-0.4, -0.2) is 29.9 Å². The minimum atomic E-state index is -0.439. The highest BCUT2D eigenvalue weighted by Gasteiger charge is 2.47. The normalized spacial score (nSPS) is 26.3. The van der Waals surface area contributed by atoms with Crippen molar-refractivity contribution in [1.82, 2.24) is 10.2 Å². The Balaban J connectivity index is 1.43. The SMILES string of the molecule is O=C1CCC(NC2(c3cc(F)ccc3F)CC2)CCN1CC1CC1. The molecule has 1 unspecified atom stereocenters. The molecule has 2 aliphatic carbocycles. The summed E-state index contributed by atoms with van der Waals surface area (Å²) in [6.45, 7) is 1.67. The van der Waals surface area contributed by atoms with Crippen LogP contribution in [0.3, 0.4) is 0 Å². The van der Waals surface area contributed by atoms with Gasteiger partial charge in [0, 0.05) is 36.7 Å². The molecule has 1 heterocycles. The van der Waals surface area contributed by atoms with Crippen LogP contribution in [0.2, 0.25) is 0 Å². The Bertz CT molecular complexity index is 640. The second-order valence-electron chi connectivity index (χ2n) is 7.66. The van der Waals surface area contributed by atoms with E-state index < -0.39 is 11.4 Å². The van der Waals surface area contributed by atoms with E-state index in [0.717, 1.165) is 44.8 Å². The lowest BCUT2D eigenvalue weighted by Crippen LogP contribution is -2.40. The van der Waals surface area contributed by atoms with Crippen LogP contribution >= 0.6 is 0 Å². The van der Waals surface area contributed by atoms with Crippen LogP contribution in [0.1, 0.15) is 50.5 Å². The van der Waals surface area contributed by atoms with Crippen LogP contribution in [0.25, 0.3) is 0 Å². The number of rotatable bonds is 5. The van der Waals surface area contributed by atoms with Crippen molar-refractivity contribution in [3.63, 3.8) is 0 Å². The van der Waals surface area contributed by atoms with Gasteiger partial charge in [-0.15, -0.1) is 0 Å². The number of carbonyl (C=O) groups excluding carboxylic acids is 1. The molecule has 24 heavy (non-hydrogen) atoms. The van der Waals surface area contributed by atoms with Gasteiger partial charge in [-0.1, -0.05) is 0 Å². The van der Waals surface area contributed by atoms with Gasteiger partial charge in [0.15, 0.2) is 0 Å². The Morgan fingerprint density at radius 2 is 1.96 bits per heavy atom. The Labute approximate surface area is 141 Å². The van der Waals surface area contributed by atoms with E-state index >= 15 is 0 Å². The summed E-state index contributed by atoms with van der Waals surface area (Å²) < 4.78 is 27.7. The fourth-order valence-corrected chi connectivity index (χ4v) is 3.86. The maximum Gasteiger partial charge on any atom is 0.222 e. The van der Waals surface area contributed by atoms with Crippen molar-refractivity contribution in [1.29, 1.82) is 0 Å². The van der Waals surface area contributed by atoms with Crippen LogP contribution in [0.15, 0.2) is 18.2 Å². The molecule has 2 saturated carbocycles. The number of nitrogens with zero attached hydrogens (tertiary/aromatic N) is 1. The highest BCUT2D eigenvalue weighted by atomic mass is 19.1. The van der Waals surface area contributed by atoms with Gasteiger partial charge in [0.25, 0.3) is 0 Å². The van der Waals surface area contributed by atoms with E-state index in [0.29, 0.717) is 17.9 Å². The number of carbonyl (C=O) groups is 1. The summed E-state index contributed by atoms with van der Waals surface area (Å²) in [5, 5.41) is 3.56. The summed E-state index contributed by atoms with van der Waals surface area (Å²) in [6, 6.07) is 3.87. The third-order valence-electron chi connectivity index (χ3n) is 5.66. The average molecular weight is 334 g/mol. The minimum Gasteiger partial charge on any atom is -0.342 e. The molecule has 3 fully saturated rings. The van der Waals surface area contributed by atoms with Gasteiger partial charge >= 0.3 is 0 Å². The smallest absolute Gasteiger partial charge is 0.222 e. The van der Waals surface area contributed by atoms with Gasteiger partial charge in [0.2, 0.25) is 5.91 Å². The summed E-state index contributed by atoms with van der Waals surface area (Å²) in [5.41, 5.74) is -0.00105. The fraction of sp³-hybridized carbons (Fsp3) is 0.632. The molecule has 0 aromatic heterocycles. The topological polar surface area (TPSA) is 32.3 Å². The van der Waals surface area contributed by atoms with Gasteiger partial charge in [-0.3, -0.25) is 4.79 Å². The molecule has 1 amide bonds. The first kappa shape index (κ1) is 16.0. The van der Waals surface area contributed by atoms with Crippen molar-refractivity contribution < 1.29 is 13.6 Å². The van der Waals surface area contributed by atoms with Gasteiger partial charge in [-0.2, -0.15) is 0 Å². The molecule has 0 spiro atoms. The molecule has 1 aromatic carbocycles. The van der Waals surface area contributed by atoms with E-state index in [1.807, 2.05) is 4.90 Å². The molecule has 4 rings (SSSR count). The molecule has 1 aliphatic heterocycles. The summed E-state index contributed by atoms with van der Waals surface area (Å²) >= 11 is 0. The van der Waals surface area contributed by atoms with Crippen molar-refractivity contribution in [2.45, 2.75) is 56.5 Å². The lowest BCUT2D eigenvalue weighted by Gasteiger charge is -2.26. The number of likely N-dealkylation sites (tertiary alicyclic amines) is 1. The molecule has 1 N–H and O–H groups in total. The van der Waals surface area contributed by atoms with Crippen LogP contribution in [-0.2, 0) is 10.3 Å². The predicted octanol–water partition coefficient (Wildman–Crippen LogP) is 3.33. The number of halogens is 2. The fourth-order valence-electron chi connectivity index (χ4n) is 3.86. The summed E-state index contributed by atoms with van der Waals surface area (Å²) in [6.07, 6.45) is 6.34. The first-order valence-corrected chi connectivity index (χ1v) is 9.07. The third-order valence-corrected chi connectivity index (χ3v) is 5.66. The molecule has 5 heteroatoms. The lowest BCUT2D eigenvalue weighted by atomic mass is 10.0. The molecular formula is C19H24F2N2O. The van der Waals surface area contributed by atoms with E-state index in [1.165, 1.54) is 25.0 Å². The molecule has 1 saturated heterocycles. The predicted molar refractivity (Wildman–Crippen MR) is 87.3 cm³/mol. The Hall–Kier alpha value is -1.49. The largest absolute Gasteiger partial charge is 0.342 e. The van der Waals surface area contributed by atoms with Crippen LogP contribution in [0.4, 0.5) is 8.78 Å². The zero-order valence-corrected chi connectivity index (χ0v) is 13.9. The highest BCUT2D eigenvalue weighted by Crippen LogP contribution is 2.47. The van der Waals surface area contributed by atoms with E-state index in [-0.39, 0.29) is 17.8 Å². The zero-order chi connectivity index (χ0) is 16.7. The Morgan fingerprint density at radius 3 is 2.67 bits per heavy atom. The highest BCUT2D eigenvalue weighted by molar-refractivity contribution is 5.76. The second-order valence-corrected chi connectivity index (χ2v) is 7.66. The Morgan fingerprint density at radius 1 is 1.17 bits per heavy atom. The number of amides is 1. The quantitative estimate of drug-likeness (QED) is 0.896. The van der Waals surface area contributed by atoms with E-state index in [1.54, 1.807) is 0 Å².